The van der Waals surface area contributed by atoms with Crippen LogP contribution in [0.15, 0.2) is 46.2 Å². The smallest absolute Gasteiger partial charge is 0.408 e. The standard InChI is InChI=1S/C25H32ClNO5S/c1-17-7-10-21(31-16-30-6)22(13-17)33-19-9-8-18(20(26)14-19)11-12-25(5,15-28)27-23(29)32-24(2,3)4/h7-10,13-15H,11-12,16H2,1-6H3,(H,27,29)/t25-/m0/s1. The van der Waals surface area contributed by atoms with Gasteiger partial charge in [-0.1, -0.05) is 35.5 Å². The van der Waals surface area contributed by atoms with E-state index in [2.05, 4.69) is 11.4 Å². The maximum Gasteiger partial charge on any atom is 0.408 e. The predicted molar refractivity (Wildman–Crippen MR) is 131 cm³/mol. The van der Waals surface area contributed by atoms with E-state index in [1.807, 2.05) is 37.3 Å². The highest BCUT2D eigenvalue weighted by atomic mass is 35.5. The van der Waals surface area contributed by atoms with Gasteiger partial charge in [-0.05, 0) is 82.9 Å². The number of hydrogen-bond acceptors (Lipinski definition) is 6. The topological polar surface area (TPSA) is 73.9 Å². The molecule has 0 spiro atoms. The van der Waals surface area contributed by atoms with E-state index in [0.29, 0.717) is 17.9 Å². The Labute approximate surface area is 205 Å². The zero-order chi connectivity index (χ0) is 24.6. The summed E-state index contributed by atoms with van der Waals surface area (Å²) in [5, 5.41) is 3.26. The van der Waals surface area contributed by atoms with Gasteiger partial charge in [0.1, 0.15) is 17.6 Å². The number of aldehydes is 1. The van der Waals surface area contributed by atoms with Crippen molar-refractivity contribution in [1.29, 1.82) is 0 Å². The van der Waals surface area contributed by atoms with Gasteiger partial charge in [0.15, 0.2) is 6.79 Å². The van der Waals surface area contributed by atoms with Gasteiger partial charge in [0.2, 0.25) is 0 Å². The van der Waals surface area contributed by atoms with Gasteiger partial charge in [-0.3, -0.25) is 0 Å². The molecule has 0 aromatic heterocycles. The second-order valence-electron chi connectivity index (χ2n) is 9.02. The van der Waals surface area contributed by atoms with Gasteiger partial charge in [-0.2, -0.15) is 0 Å². The monoisotopic (exact) mass is 493 g/mol. The first-order valence-electron chi connectivity index (χ1n) is 10.6. The van der Waals surface area contributed by atoms with Crippen LogP contribution in [-0.2, 0) is 20.7 Å². The number of hydrogen-bond donors (Lipinski definition) is 1. The highest BCUT2D eigenvalue weighted by Crippen LogP contribution is 2.37. The molecule has 0 aliphatic carbocycles. The Morgan fingerprint density at radius 1 is 1.15 bits per heavy atom. The molecule has 0 saturated carbocycles. The van der Waals surface area contributed by atoms with Crippen molar-refractivity contribution in [3.8, 4) is 5.75 Å². The van der Waals surface area contributed by atoms with E-state index in [4.69, 9.17) is 25.8 Å². The Morgan fingerprint density at radius 2 is 1.88 bits per heavy atom. The quantitative estimate of drug-likeness (QED) is 0.314. The van der Waals surface area contributed by atoms with Crippen LogP contribution in [0.4, 0.5) is 4.79 Å². The Balaban J connectivity index is 2.08. The summed E-state index contributed by atoms with van der Waals surface area (Å²) in [7, 11) is 1.58. The van der Waals surface area contributed by atoms with E-state index in [1.54, 1.807) is 46.6 Å². The minimum atomic E-state index is -1.06. The SMILES string of the molecule is COCOc1ccc(C)cc1Sc1ccc(CC[C@@](C)(C=O)NC(=O)OC(C)(C)C)c(Cl)c1. The zero-order valence-corrected chi connectivity index (χ0v) is 21.6. The molecule has 2 aromatic carbocycles. The number of nitrogens with one attached hydrogen (secondary N) is 1. The first-order chi connectivity index (χ1) is 15.4. The molecule has 33 heavy (non-hydrogen) atoms. The Kier molecular flexibility index (Phi) is 9.64. The third-order valence-corrected chi connectivity index (χ3v) is 6.02. The highest BCUT2D eigenvalue weighted by molar-refractivity contribution is 7.99. The lowest BCUT2D eigenvalue weighted by Gasteiger charge is -2.27. The molecule has 2 rings (SSSR count). The fraction of sp³-hybridized carbons (Fsp3) is 0.440. The molecule has 0 fully saturated rings. The van der Waals surface area contributed by atoms with Gasteiger partial charge in [0, 0.05) is 17.0 Å². The normalized spacial score (nSPS) is 13.2. The number of benzene rings is 2. The van der Waals surface area contributed by atoms with Crippen LogP contribution in [0.5, 0.6) is 5.75 Å². The summed E-state index contributed by atoms with van der Waals surface area (Å²) >= 11 is 8.10. The van der Waals surface area contributed by atoms with Crippen LogP contribution in [0.25, 0.3) is 0 Å². The summed E-state index contributed by atoms with van der Waals surface area (Å²) in [4.78, 5) is 25.7. The number of carbonyl (C=O) groups excluding carboxylic acids is 2. The van der Waals surface area contributed by atoms with E-state index in [-0.39, 0.29) is 6.79 Å². The molecule has 6 nitrogen and oxygen atoms in total. The van der Waals surface area contributed by atoms with Crippen molar-refractivity contribution >= 4 is 35.7 Å². The van der Waals surface area contributed by atoms with Crippen molar-refractivity contribution in [2.75, 3.05) is 13.9 Å². The van der Waals surface area contributed by atoms with Crippen molar-refractivity contribution in [2.24, 2.45) is 0 Å². The van der Waals surface area contributed by atoms with Crippen LogP contribution < -0.4 is 10.1 Å². The summed E-state index contributed by atoms with van der Waals surface area (Å²) in [5.74, 6) is 0.739. The molecule has 1 atom stereocenters. The third kappa shape index (κ3) is 8.91. The lowest BCUT2D eigenvalue weighted by Crippen LogP contribution is -2.49. The van der Waals surface area contributed by atoms with E-state index < -0.39 is 17.2 Å². The van der Waals surface area contributed by atoms with Crippen molar-refractivity contribution in [3.63, 3.8) is 0 Å². The van der Waals surface area contributed by atoms with Gasteiger partial charge in [0.05, 0.1) is 10.4 Å². The summed E-state index contributed by atoms with van der Waals surface area (Å²) in [6.07, 6.45) is 1.00. The van der Waals surface area contributed by atoms with Crippen molar-refractivity contribution < 1.29 is 23.8 Å². The largest absolute Gasteiger partial charge is 0.466 e. The Bertz CT molecular complexity index is 976. The Morgan fingerprint density at radius 3 is 2.48 bits per heavy atom. The second kappa shape index (κ2) is 11.8. The van der Waals surface area contributed by atoms with Gasteiger partial charge >= 0.3 is 6.09 Å². The highest BCUT2D eigenvalue weighted by Gasteiger charge is 2.28. The summed E-state index contributed by atoms with van der Waals surface area (Å²) < 4.78 is 15.9. The average Bonchev–Trinajstić information content (AvgIpc) is 2.71. The molecule has 2 aromatic rings. The molecule has 180 valence electrons. The van der Waals surface area contributed by atoms with Crippen molar-refractivity contribution in [1.82, 2.24) is 5.32 Å². The van der Waals surface area contributed by atoms with E-state index in [9.17, 15) is 9.59 Å². The van der Waals surface area contributed by atoms with Gasteiger partial charge in [0.25, 0.3) is 0 Å². The molecule has 0 bridgehead atoms. The maximum atomic E-state index is 12.1. The zero-order valence-electron chi connectivity index (χ0n) is 20.0. The first kappa shape index (κ1) is 27.0. The number of amides is 1. The molecule has 0 heterocycles. The fourth-order valence-electron chi connectivity index (χ4n) is 2.94. The number of aryl methyl sites for hydroxylation is 2. The van der Waals surface area contributed by atoms with Crippen LogP contribution in [0, 0.1) is 6.92 Å². The fourth-order valence-corrected chi connectivity index (χ4v) is 4.32. The number of halogens is 1. The number of ether oxygens (including phenoxy) is 3. The van der Waals surface area contributed by atoms with Crippen LogP contribution in [0.1, 0.15) is 45.2 Å². The minimum Gasteiger partial charge on any atom is -0.466 e. The maximum absolute atomic E-state index is 12.1. The summed E-state index contributed by atoms with van der Waals surface area (Å²) in [5.41, 5.74) is 0.306. The third-order valence-electron chi connectivity index (χ3n) is 4.64. The van der Waals surface area contributed by atoms with Crippen molar-refractivity contribution in [2.45, 2.75) is 68.4 Å². The van der Waals surface area contributed by atoms with Gasteiger partial charge < -0.3 is 24.3 Å². The van der Waals surface area contributed by atoms with E-state index >= 15 is 0 Å². The number of methoxy groups -OCH3 is 1. The first-order valence-corrected chi connectivity index (χ1v) is 11.8. The minimum absolute atomic E-state index is 0.170. The molecular weight excluding hydrogens is 462 g/mol. The summed E-state index contributed by atoms with van der Waals surface area (Å²) in [6, 6.07) is 11.8. The molecule has 0 unspecified atom stereocenters. The molecule has 0 saturated heterocycles. The van der Waals surface area contributed by atoms with Crippen molar-refractivity contribution in [3.05, 3.63) is 52.5 Å². The molecular formula is C25H32ClNO5S. The number of rotatable bonds is 10. The second-order valence-corrected chi connectivity index (χ2v) is 10.5. The van der Waals surface area contributed by atoms with Gasteiger partial charge in [-0.25, -0.2) is 4.79 Å². The molecule has 8 heteroatoms. The number of alkyl carbamates (subject to hydrolysis) is 1. The van der Waals surface area contributed by atoms with E-state index in [1.165, 1.54) is 0 Å². The van der Waals surface area contributed by atoms with Gasteiger partial charge in [-0.15, -0.1) is 0 Å². The molecule has 1 N–H and O–H groups in total. The van der Waals surface area contributed by atoms with Crippen LogP contribution in [-0.4, -0.2) is 37.4 Å². The van der Waals surface area contributed by atoms with E-state index in [0.717, 1.165) is 33.0 Å². The number of carbonyl (C=O) groups is 2. The Hall–Kier alpha value is -2.22. The predicted octanol–water partition coefficient (Wildman–Crippen LogP) is 6.20. The lowest BCUT2D eigenvalue weighted by molar-refractivity contribution is -0.113. The molecule has 1 amide bonds. The average molecular weight is 494 g/mol. The van der Waals surface area contributed by atoms with Crippen LogP contribution in [0.2, 0.25) is 5.02 Å². The molecule has 0 aliphatic rings. The van der Waals surface area contributed by atoms with Crippen LogP contribution >= 0.6 is 23.4 Å². The lowest BCUT2D eigenvalue weighted by atomic mass is 9.95. The molecule has 0 aliphatic heterocycles. The summed E-state index contributed by atoms with van der Waals surface area (Å²) in [6.45, 7) is 9.18. The van der Waals surface area contributed by atoms with Crippen LogP contribution in [0.3, 0.4) is 0 Å². The molecule has 0 radical (unpaired) electrons.